The Morgan fingerprint density at radius 2 is 1.68 bits per heavy atom. The number of carbonyl (C=O) groups is 2. The van der Waals surface area contributed by atoms with Gasteiger partial charge in [0, 0.05) is 20.9 Å². The molecule has 0 aliphatic heterocycles. The minimum Gasteiger partial charge on any atom is -0.480 e. The standard InChI is InChI=1S/C16H13Br2NO3/c17-12-5-1-3-10(7-12)8-14(16(21)22)19-15(20)11-4-2-6-13(18)9-11/h1-7,9,14H,8H2,(H,19,20)(H,21,22)/t14-/m0/s1. The largest absolute Gasteiger partial charge is 0.480 e. The number of rotatable bonds is 5. The number of amides is 1. The first kappa shape index (κ1) is 16.7. The fourth-order valence-corrected chi connectivity index (χ4v) is 2.82. The van der Waals surface area contributed by atoms with Gasteiger partial charge in [-0.25, -0.2) is 4.79 Å². The molecule has 0 radical (unpaired) electrons. The third-order valence-corrected chi connectivity index (χ3v) is 4.01. The SMILES string of the molecule is O=C(N[C@@H](Cc1cccc(Br)c1)C(=O)O)c1cccc(Br)c1. The molecule has 22 heavy (non-hydrogen) atoms. The molecular weight excluding hydrogens is 414 g/mol. The second-order valence-electron chi connectivity index (χ2n) is 4.71. The molecule has 0 heterocycles. The first-order valence-electron chi connectivity index (χ1n) is 6.49. The van der Waals surface area contributed by atoms with Crippen LogP contribution in [0.1, 0.15) is 15.9 Å². The predicted molar refractivity (Wildman–Crippen MR) is 90.9 cm³/mol. The van der Waals surface area contributed by atoms with Crippen LogP contribution < -0.4 is 5.32 Å². The van der Waals surface area contributed by atoms with E-state index in [0.717, 1.165) is 14.5 Å². The van der Waals surface area contributed by atoms with Gasteiger partial charge in [0.1, 0.15) is 6.04 Å². The summed E-state index contributed by atoms with van der Waals surface area (Å²) >= 11 is 6.63. The lowest BCUT2D eigenvalue weighted by Crippen LogP contribution is -2.42. The van der Waals surface area contributed by atoms with Gasteiger partial charge in [-0.15, -0.1) is 0 Å². The summed E-state index contributed by atoms with van der Waals surface area (Å²) in [6.45, 7) is 0. The lowest BCUT2D eigenvalue weighted by atomic mass is 10.1. The third kappa shape index (κ3) is 4.68. The summed E-state index contributed by atoms with van der Waals surface area (Å²) in [6.07, 6.45) is 0.217. The van der Waals surface area contributed by atoms with Crippen molar-refractivity contribution in [3.63, 3.8) is 0 Å². The summed E-state index contributed by atoms with van der Waals surface area (Å²) < 4.78 is 1.63. The van der Waals surface area contributed by atoms with E-state index in [4.69, 9.17) is 0 Å². The molecule has 2 aromatic rings. The summed E-state index contributed by atoms with van der Waals surface area (Å²) in [6, 6.07) is 13.2. The molecule has 6 heteroatoms. The van der Waals surface area contributed by atoms with Crippen LogP contribution >= 0.6 is 31.9 Å². The lowest BCUT2D eigenvalue weighted by molar-refractivity contribution is -0.139. The van der Waals surface area contributed by atoms with Crippen LogP contribution in [0, 0.1) is 0 Å². The van der Waals surface area contributed by atoms with Gasteiger partial charge < -0.3 is 10.4 Å². The molecule has 0 spiro atoms. The normalized spacial score (nSPS) is 11.7. The van der Waals surface area contributed by atoms with Crippen LogP contribution in [0.25, 0.3) is 0 Å². The molecule has 1 amide bonds. The lowest BCUT2D eigenvalue weighted by Gasteiger charge is -2.15. The van der Waals surface area contributed by atoms with Gasteiger partial charge >= 0.3 is 5.97 Å². The highest BCUT2D eigenvalue weighted by Gasteiger charge is 2.21. The van der Waals surface area contributed by atoms with Gasteiger partial charge in [0.05, 0.1) is 0 Å². The number of carboxylic acid groups (broad SMARTS) is 1. The van der Waals surface area contributed by atoms with Gasteiger partial charge in [-0.1, -0.05) is 50.1 Å². The summed E-state index contributed by atoms with van der Waals surface area (Å²) in [5.74, 6) is -1.48. The zero-order chi connectivity index (χ0) is 16.1. The van der Waals surface area contributed by atoms with Gasteiger partial charge in [-0.05, 0) is 35.9 Å². The highest BCUT2D eigenvalue weighted by atomic mass is 79.9. The van der Waals surface area contributed by atoms with Crippen LogP contribution in [0.3, 0.4) is 0 Å². The molecule has 4 nitrogen and oxygen atoms in total. The van der Waals surface area contributed by atoms with Gasteiger partial charge in [0.15, 0.2) is 0 Å². The number of benzene rings is 2. The number of hydrogen-bond acceptors (Lipinski definition) is 2. The number of nitrogens with one attached hydrogen (secondary N) is 1. The van der Waals surface area contributed by atoms with E-state index in [0.29, 0.717) is 5.56 Å². The Balaban J connectivity index is 2.12. The van der Waals surface area contributed by atoms with Crippen molar-refractivity contribution in [3.05, 3.63) is 68.6 Å². The maximum Gasteiger partial charge on any atom is 0.326 e. The Kier molecular flexibility index (Phi) is 5.74. The Bertz CT molecular complexity index is 703. The van der Waals surface area contributed by atoms with Crippen molar-refractivity contribution in [1.82, 2.24) is 5.32 Å². The Labute approximate surface area is 144 Å². The van der Waals surface area contributed by atoms with Gasteiger partial charge in [-0.3, -0.25) is 4.79 Å². The molecule has 2 N–H and O–H groups in total. The third-order valence-electron chi connectivity index (χ3n) is 3.02. The average molecular weight is 427 g/mol. The number of carbonyl (C=O) groups excluding carboxylic acids is 1. The van der Waals surface area contributed by atoms with Gasteiger partial charge in [0.25, 0.3) is 5.91 Å². The van der Waals surface area contributed by atoms with Crippen LogP contribution in [-0.2, 0) is 11.2 Å². The van der Waals surface area contributed by atoms with Crippen molar-refractivity contribution in [2.45, 2.75) is 12.5 Å². The van der Waals surface area contributed by atoms with Crippen molar-refractivity contribution < 1.29 is 14.7 Å². The smallest absolute Gasteiger partial charge is 0.326 e. The topological polar surface area (TPSA) is 66.4 Å². The van der Waals surface area contributed by atoms with E-state index >= 15 is 0 Å². The molecule has 0 aromatic heterocycles. The second kappa shape index (κ2) is 7.56. The highest BCUT2D eigenvalue weighted by molar-refractivity contribution is 9.10. The highest BCUT2D eigenvalue weighted by Crippen LogP contribution is 2.14. The fraction of sp³-hybridized carbons (Fsp3) is 0.125. The van der Waals surface area contributed by atoms with Gasteiger partial charge in [-0.2, -0.15) is 0 Å². The molecule has 0 bridgehead atoms. The van der Waals surface area contributed by atoms with Crippen LogP contribution in [0.4, 0.5) is 0 Å². The van der Waals surface area contributed by atoms with E-state index in [1.54, 1.807) is 24.3 Å². The summed E-state index contributed by atoms with van der Waals surface area (Å²) in [5.41, 5.74) is 1.24. The van der Waals surface area contributed by atoms with E-state index in [-0.39, 0.29) is 6.42 Å². The Morgan fingerprint density at radius 3 is 2.27 bits per heavy atom. The first-order valence-corrected chi connectivity index (χ1v) is 8.08. The van der Waals surface area contributed by atoms with E-state index in [1.165, 1.54) is 0 Å². The van der Waals surface area contributed by atoms with E-state index in [9.17, 15) is 14.7 Å². The van der Waals surface area contributed by atoms with Gasteiger partial charge in [0.2, 0.25) is 0 Å². The van der Waals surface area contributed by atoms with Crippen molar-refractivity contribution in [2.75, 3.05) is 0 Å². The molecule has 114 valence electrons. The Morgan fingerprint density at radius 1 is 1.05 bits per heavy atom. The number of carboxylic acids is 1. The van der Waals surface area contributed by atoms with Crippen LogP contribution in [-0.4, -0.2) is 23.0 Å². The predicted octanol–water partition coefficient (Wildman–Crippen LogP) is 3.64. The van der Waals surface area contributed by atoms with Crippen molar-refractivity contribution in [3.8, 4) is 0 Å². The molecule has 0 unspecified atom stereocenters. The van der Waals surface area contributed by atoms with Crippen molar-refractivity contribution in [1.29, 1.82) is 0 Å². The van der Waals surface area contributed by atoms with E-state index in [2.05, 4.69) is 37.2 Å². The van der Waals surface area contributed by atoms with Crippen LogP contribution in [0.5, 0.6) is 0 Å². The molecule has 2 rings (SSSR count). The van der Waals surface area contributed by atoms with Crippen LogP contribution in [0.15, 0.2) is 57.5 Å². The van der Waals surface area contributed by atoms with Crippen molar-refractivity contribution >= 4 is 43.7 Å². The summed E-state index contributed by atoms with van der Waals surface area (Å²) in [5, 5.41) is 11.9. The Hall–Kier alpha value is -1.66. The summed E-state index contributed by atoms with van der Waals surface area (Å²) in [4.78, 5) is 23.6. The average Bonchev–Trinajstić information content (AvgIpc) is 2.46. The quantitative estimate of drug-likeness (QED) is 0.766. The molecular formula is C16H13Br2NO3. The maximum absolute atomic E-state index is 12.2. The molecule has 0 saturated carbocycles. The number of aliphatic carboxylic acids is 1. The maximum atomic E-state index is 12.2. The number of hydrogen-bond donors (Lipinski definition) is 2. The molecule has 0 aliphatic rings. The second-order valence-corrected chi connectivity index (χ2v) is 6.54. The minimum absolute atomic E-state index is 0.217. The molecule has 0 saturated heterocycles. The monoisotopic (exact) mass is 425 g/mol. The fourth-order valence-electron chi connectivity index (χ4n) is 1.97. The minimum atomic E-state index is -1.07. The zero-order valence-electron chi connectivity index (χ0n) is 11.4. The molecule has 0 fully saturated rings. The summed E-state index contributed by atoms with van der Waals surface area (Å²) in [7, 11) is 0. The van der Waals surface area contributed by atoms with Crippen LogP contribution in [0.2, 0.25) is 0 Å². The molecule has 2 aromatic carbocycles. The zero-order valence-corrected chi connectivity index (χ0v) is 14.6. The molecule has 1 atom stereocenters. The molecule has 0 aliphatic carbocycles. The van der Waals surface area contributed by atoms with E-state index < -0.39 is 17.9 Å². The van der Waals surface area contributed by atoms with Crippen molar-refractivity contribution in [2.24, 2.45) is 0 Å². The first-order chi connectivity index (χ1) is 10.5. The van der Waals surface area contributed by atoms with E-state index in [1.807, 2.05) is 24.3 Å². The number of halogens is 2.